The summed E-state index contributed by atoms with van der Waals surface area (Å²) in [6, 6.07) is 23.5. The van der Waals surface area contributed by atoms with Crippen LogP contribution in [-0.4, -0.2) is 28.3 Å². The fourth-order valence-electron chi connectivity index (χ4n) is 7.60. The van der Waals surface area contributed by atoms with Gasteiger partial charge in [0, 0.05) is 0 Å². The van der Waals surface area contributed by atoms with Crippen molar-refractivity contribution < 1.29 is 0 Å². The third-order valence-corrected chi connectivity index (χ3v) is 18.7. The first-order valence-corrected chi connectivity index (χ1v) is 15.8. The van der Waals surface area contributed by atoms with Crippen LogP contribution in [-0.2, 0) is 0 Å². The number of hydrogen-bond acceptors (Lipinski definition) is 0. The Balaban J connectivity index is 1.40. The first-order valence-electron chi connectivity index (χ1n) is 12.1. The van der Waals surface area contributed by atoms with Crippen LogP contribution in [0.2, 0.25) is 0 Å². The average molecular weight is 425 g/mol. The first-order chi connectivity index (χ1) is 14.2. The molecule has 2 saturated carbocycles. The second-order valence-electron chi connectivity index (χ2n) is 10.1. The summed E-state index contributed by atoms with van der Waals surface area (Å²) >= 11 is 0. The van der Waals surface area contributed by atoms with Gasteiger partial charge in [-0.25, -0.2) is 0 Å². The number of hydrogen-bond donors (Lipinski definition) is 0. The molecule has 156 valence electrons. The maximum atomic E-state index is 2.67. The van der Waals surface area contributed by atoms with E-state index < -0.39 is 7.26 Å². The van der Waals surface area contributed by atoms with Crippen LogP contribution in [0.1, 0.15) is 65.2 Å². The van der Waals surface area contributed by atoms with E-state index in [1.54, 1.807) is 10.6 Å². The van der Waals surface area contributed by atoms with Gasteiger partial charge in [0.05, 0.1) is 0 Å². The SMILES string of the molecule is CC(CC(C)[PH]1(c2ccccc2)C2CCC[C@H]21)P(c1ccccc1)C1CCCC1. The van der Waals surface area contributed by atoms with E-state index in [9.17, 15) is 0 Å². The third kappa shape index (κ3) is 3.54. The minimum atomic E-state index is -1.32. The summed E-state index contributed by atoms with van der Waals surface area (Å²) in [5.74, 6) is 0. The van der Waals surface area contributed by atoms with Crippen molar-refractivity contribution in [3.63, 3.8) is 0 Å². The zero-order valence-electron chi connectivity index (χ0n) is 18.3. The van der Waals surface area contributed by atoms with Crippen molar-refractivity contribution in [2.24, 2.45) is 0 Å². The molecule has 5 rings (SSSR count). The number of benzene rings is 2. The third-order valence-electron chi connectivity index (χ3n) is 8.67. The van der Waals surface area contributed by atoms with Gasteiger partial charge in [0.25, 0.3) is 0 Å². The van der Waals surface area contributed by atoms with E-state index in [1.807, 2.05) is 0 Å². The monoisotopic (exact) mass is 424 g/mol. The molecule has 0 aromatic heterocycles. The van der Waals surface area contributed by atoms with Gasteiger partial charge < -0.3 is 0 Å². The van der Waals surface area contributed by atoms with Crippen molar-refractivity contribution >= 4 is 25.8 Å². The van der Waals surface area contributed by atoms with E-state index in [2.05, 4.69) is 74.5 Å². The van der Waals surface area contributed by atoms with E-state index in [0.29, 0.717) is 0 Å². The Bertz CT molecular complexity index is 786. The van der Waals surface area contributed by atoms with Crippen molar-refractivity contribution in [2.45, 2.75) is 93.5 Å². The molecule has 2 aromatic carbocycles. The maximum absolute atomic E-state index is 2.67. The summed E-state index contributed by atoms with van der Waals surface area (Å²) in [5, 5.41) is 3.47. The normalized spacial score (nSPS) is 29.7. The second-order valence-corrected chi connectivity index (χ2v) is 18.0. The molecule has 0 radical (unpaired) electrons. The van der Waals surface area contributed by atoms with Gasteiger partial charge in [-0.15, -0.1) is 0 Å². The molecule has 29 heavy (non-hydrogen) atoms. The molecular weight excluding hydrogens is 386 g/mol. The van der Waals surface area contributed by atoms with Gasteiger partial charge >= 0.3 is 180 Å². The van der Waals surface area contributed by atoms with Crippen LogP contribution in [0, 0.1) is 0 Å². The number of rotatable bonds is 7. The van der Waals surface area contributed by atoms with Crippen LogP contribution in [0.25, 0.3) is 0 Å². The molecule has 1 heterocycles. The molecule has 0 spiro atoms. The molecule has 4 unspecified atom stereocenters. The summed E-state index contributed by atoms with van der Waals surface area (Å²) < 4.78 is 0. The Hall–Kier alpha value is -0.700. The zero-order chi connectivity index (χ0) is 19.8. The fourth-order valence-corrected chi connectivity index (χ4v) is 19.2. The number of fused-ring (bicyclic) bond motifs is 1. The van der Waals surface area contributed by atoms with Gasteiger partial charge in [-0.1, -0.05) is 0 Å². The van der Waals surface area contributed by atoms with E-state index in [4.69, 9.17) is 0 Å². The van der Waals surface area contributed by atoms with E-state index in [0.717, 1.165) is 28.3 Å². The molecule has 5 atom stereocenters. The van der Waals surface area contributed by atoms with Crippen molar-refractivity contribution in [2.75, 3.05) is 0 Å². The average Bonchev–Trinajstić information content (AvgIpc) is 3.16. The molecule has 3 aliphatic rings. The van der Waals surface area contributed by atoms with E-state index >= 15 is 0 Å². The van der Waals surface area contributed by atoms with Crippen molar-refractivity contribution in [3.8, 4) is 0 Å². The van der Waals surface area contributed by atoms with E-state index in [1.165, 1.54) is 51.4 Å². The summed E-state index contributed by atoms with van der Waals surface area (Å²) in [6.45, 7) is 5.29. The molecule has 0 bridgehead atoms. The Labute approximate surface area is 180 Å². The van der Waals surface area contributed by atoms with Gasteiger partial charge in [0.2, 0.25) is 0 Å². The molecule has 2 heteroatoms. The predicted molar refractivity (Wildman–Crippen MR) is 135 cm³/mol. The predicted octanol–water partition coefficient (Wildman–Crippen LogP) is 6.91. The van der Waals surface area contributed by atoms with Gasteiger partial charge in [0.15, 0.2) is 0 Å². The van der Waals surface area contributed by atoms with E-state index in [-0.39, 0.29) is 7.92 Å². The van der Waals surface area contributed by atoms with Crippen LogP contribution in [0.5, 0.6) is 0 Å². The quantitative estimate of drug-likeness (QED) is 0.424. The van der Waals surface area contributed by atoms with Gasteiger partial charge in [-0.05, 0) is 0 Å². The molecule has 0 amide bonds. The van der Waals surface area contributed by atoms with Gasteiger partial charge in [-0.3, -0.25) is 0 Å². The summed E-state index contributed by atoms with van der Waals surface area (Å²) in [5.41, 5.74) is 4.97. The Morgan fingerprint density at radius 3 is 2.00 bits per heavy atom. The standard InChI is InChI=1S/C27H38P2/c1-21(28(24-14-9-10-15-24)23-12-5-3-6-13-23)20-22(2)29(25-16-7-4-8-17-25)26-18-11-19-27(26)29/h3-8,12-13,16-17,21-22,24,26-27,29H,9-11,14-15,18-20H2,1-2H3/t21?,22?,26-,27?,28?/m1/s1. The molecule has 3 fully saturated rings. The molecule has 0 nitrogen and oxygen atoms in total. The summed E-state index contributed by atoms with van der Waals surface area (Å²) in [6.07, 6.45) is 11.9. The minimum absolute atomic E-state index is 0.0315. The van der Waals surface area contributed by atoms with Crippen LogP contribution in [0.4, 0.5) is 0 Å². The summed E-state index contributed by atoms with van der Waals surface area (Å²) in [4.78, 5) is 0. The van der Waals surface area contributed by atoms with Crippen LogP contribution < -0.4 is 10.6 Å². The molecule has 1 saturated heterocycles. The summed E-state index contributed by atoms with van der Waals surface area (Å²) in [7, 11) is -1.35. The molecule has 2 aromatic rings. The molecular formula is C27H38P2. The van der Waals surface area contributed by atoms with Gasteiger partial charge in [0.1, 0.15) is 0 Å². The molecule has 2 aliphatic carbocycles. The van der Waals surface area contributed by atoms with Gasteiger partial charge in [-0.2, -0.15) is 0 Å². The zero-order valence-corrected chi connectivity index (χ0v) is 20.2. The molecule has 0 N–H and O–H groups in total. The Morgan fingerprint density at radius 2 is 1.38 bits per heavy atom. The van der Waals surface area contributed by atoms with Crippen LogP contribution >= 0.6 is 15.2 Å². The molecule has 1 aliphatic heterocycles. The van der Waals surface area contributed by atoms with Crippen molar-refractivity contribution in [3.05, 3.63) is 60.7 Å². The van der Waals surface area contributed by atoms with Crippen molar-refractivity contribution in [1.29, 1.82) is 0 Å². The second kappa shape index (κ2) is 8.44. The topological polar surface area (TPSA) is 0 Å². The fraction of sp³-hybridized carbons (Fsp3) is 0.556. The van der Waals surface area contributed by atoms with Crippen LogP contribution in [0.15, 0.2) is 60.7 Å². The Morgan fingerprint density at radius 1 is 0.793 bits per heavy atom. The van der Waals surface area contributed by atoms with Crippen LogP contribution in [0.3, 0.4) is 0 Å². The Kier molecular flexibility index (Phi) is 5.88. The van der Waals surface area contributed by atoms with Crippen molar-refractivity contribution in [1.82, 2.24) is 0 Å². The first kappa shape index (κ1) is 20.2.